The van der Waals surface area contributed by atoms with Gasteiger partial charge in [0.2, 0.25) is 5.69 Å². The molecule has 84 valence electrons. The lowest BCUT2D eigenvalue weighted by Crippen LogP contribution is -2.12. The molecular formula is C11H14N4O. The van der Waals surface area contributed by atoms with E-state index in [1.54, 1.807) is 0 Å². The lowest BCUT2D eigenvalue weighted by molar-refractivity contribution is 0.272. The van der Waals surface area contributed by atoms with Crippen molar-refractivity contribution in [2.45, 2.75) is 12.8 Å². The molecule has 1 aromatic rings. The van der Waals surface area contributed by atoms with Gasteiger partial charge in [-0.25, -0.2) is 9.97 Å². The minimum Gasteiger partial charge on any atom is -0.476 e. The third-order valence-electron chi connectivity index (χ3n) is 2.70. The summed E-state index contributed by atoms with van der Waals surface area (Å²) >= 11 is 0. The minimum atomic E-state index is 0.257. The van der Waals surface area contributed by atoms with Gasteiger partial charge >= 0.3 is 0 Å². The SMILES string of the molecule is N#Cc1nccnc1OCCC1CCNC1. The molecule has 0 bridgehead atoms. The fourth-order valence-corrected chi connectivity index (χ4v) is 1.79. The number of hydrogen-bond acceptors (Lipinski definition) is 5. The zero-order valence-corrected chi connectivity index (χ0v) is 9.02. The third-order valence-corrected chi connectivity index (χ3v) is 2.70. The Kier molecular flexibility index (Phi) is 3.67. The second kappa shape index (κ2) is 5.42. The minimum absolute atomic E-state index is 0.257. The first kappa shape index (κ1) is 10.8. The highest BCUT2D eigenvalue weighted by atomic mass is 16.5. The molecule has 1 aliphatic heterocycles. The van der Waals surface area contributed by atoms with Gasteiger partial charge in [0.15, 0.2) is 0 Å². The van der Waals surface area contributed by atoms with Crippen molar-refractivity contribution in [1.82, 2.24) is 15.3 Å². The average molecular weight is 218 g/mol. The summed E-state index contributed by atoms with van der Waals surface area (Å²) in [7, 11) is 0. The molecule has 2 heterocycles. The topological polar surface area (TPSA) is 70.8 Å². The second-order valence-corrected chi connectivity index (χ2v) is 3.82. The van der Waals surface area contributed by atoms with E-state index in [0.717, 1.165) is 19.5 Å². The molecule has 1 saturated heterocycles. The normalized spacial score (nSPS) is 19.3. The van der Waals surface area contributed by atoms with Crippen LogP contribution in [0.1, 0.15) is 18.5 Å². The van der Waals surface area contributed by atoms with Gasteiger partial charge in [-0.15, -0.1) is 0 Å². The van der Waals surface area contributed by atoms with Crippen LogP contribution in [0.2, 0.25) is 0 Å². The molecule has 1 fully saturated rings. The highest BCUT2D eigenvalue weighted by molar-refractivity contribution is 5.29. The Hall–Kier alpha value is -1.67. The Bertz CT molecular complexity index is 382. The highest BCUT2D eigenvalue weighted by Gasteiger charge is 2.14. The number of nitrogens with zero attached hydrogens (tertiary/aromatic N) is 3. The summed E-state index contributed by atoms with van der Waals surface area (Å²) in [5, 5.41) is 12.1. The van der Waals surface area contributed by atoms with Gasteiger partial charge in [-0.2, -0.15) is 5.26 Å². The molecule has 0 spiro atoms. The molecule has 0 radical (unpaired) electrons. The van der Waals surface area contributed by atoms with Crippen LogP contribution in [0.5, 0.6) is 5.88 Å². The predicted molar refractivity (Wildman–Crippen MR) is 57.8 cm³/mol. The van der Waals surface area contributed by atoms with E-state index in [9.17, 15) is 0 Å². The van der Waals surface area contributed by atoms with E-state index in [0.29, 0.717) is 18.4 Å². The lowest BCUT2D eigenvalue weighted by Gasteiger charge is -2.09. The van der Waals surface area contributed by atoms with Crippen molar-refractivity contribution in [1.29, 1.82) is 5.26 Å². The summed E-state index contributed by atoms with van der Waals surface area (Å²) < 4.78 is 5.47. The molecule has 1 aliphatic rings. The summed E-state index contributed by atoms with van der Waals surface area (Å²) in [6.45, 7) is 2.76. The van der Waals surface area contributed by atoms with Crippen LogP contribution in [-0.2, 0) is 0 Å². The van der Waals surface area contributed by atoms with Crippen molar-refractivity contribution in [3.8, 4) is 11.9 Å². The van der Waals surface area contributed by atoms with Crippen LogP contribution in [-0.4, -0.2) is 29.7 Å². The third kappa shape index (κ3) is 2.67. The van der Waals surface area contributed by atoms with E-state index < -0.39 is 0 Å². The van der Waals surface area contributed by atoms with Crippen LogP contribution in [0.15, 0.2) is 12.4 Å². The van der Waals surface area contributed by atoms with E-state index in [1.165, 1.54) is 18.8 Å². The number of ether oxygens (including phenoxy) is 1. The van der Waals surface area contributed by atoms with E-state index in [4.69, 9.17) is 10.00 Å². The van der Waals surface area contributed by atoms with Gasteiger partial charge in [0, 0.05) is 12.4 Å². The number of hydrogen-bond donors (Lipinski definition) is 1. The van der Waals surface area contributed by atoms with Crippen molar-refractivity contribution in [2.24, 2.45) is 5.92 Å². The quantitative estimate of drug-likeness (QED) is 0.806. The van der Waals surface area contributed by atoms with Crippen LogP contribution in [0, 0.1) is 17.2 Å². The van der Waals surface area contributed by atoms with Gasteiger partial charge in [-0.3, -0.25) is 0 Å². The van der Waals surface area contributed by atoms with Crippen LogP contribution in [0.4, 0.5) is 0 Å². The Labute approximate surface area is 94.5 Å². The summed E-state index contributed by atoms with van der Waals surface area (Å²) in [6, 6.07) is 1.96. The van der Waals surface area contributed by atoms with Crippen molar-refractivity contribution in [2.75, 3.05) is 19.7 Å². The van der Waals surface area contributed by atoms with Crippen LogP contribution >= 0.6 is 0 Å². The van der Waals surface area contributed by atoms with E-state index in [1.807, 2.05) is 6.07 Å². The first-order valence-electron chi connectivity index (χ1n) is 5.45. The fourth-order valence-electron chi connectivity index (χ4n) is 1.79. The van der Waals surface area contributed by atoms with Crippen LogP contribution < -0.4 is 10.1 Å². The van der Waals surface area contributed by atoms with Crippen molar-refractivity contribution in [3.63, 3.8) is 0 Å². The molecule has 16 heavy (non-hydrogen) atoms. The molecule has 5 nitrogen and oxygen atoms in total. The molecule has 0 aromatic carbocycles. The smallest absolute Gasteiger partial charge is 0.251 e. The molecule has 0 aliphatic carbocycles. The van der Waals surface area contributed by atoms with Crippen molar-refractivity contribution < 1.29 is 4.74 Å². The highest BCUT2D eigenvalue weighted by Crippen LogP contribution is 2.14. The molecule has 1 aromatic heterocycles. The van der Waals surface area contributed by atoms with E-state index in [2.05, 4.69) is 15.3 Å². The van der Waals surface area contributed by atoms with Crippen LogP contribution in [0.25, 0.3) is 0 Å². The average Bonchev–Trinajstić information content (AvgIpc) is 2.83. The molecule has 1 atom stereocenters. The largest absolute Gasteiger partial charge is 0.476 e. The molecule has 1 N–H and O–H groups in total. The molecule has 2 rings (SSSR count). The maximum atomic E-state index is 8.79. The standard InChI is InChI=1S/C11H14N4O/c12-7-10-11(15-5-4-14-10)16-6-2-9-1-3-13-8-9/h4-5,9,13H,1-3,6,8H2. The fraction of sp³-hybridized carbons (Fsp3) is 0.545. The van der Waals surface area contributed by atoms with E-state index in [-0.39, 0.29) is 5.69 Å². The number of nitriles is 1. The Morgan fingerprint density at radius 1 is 1.50 bits per heavy atom. The number of rotatable bonds is 4. The maximum Gasteiger partial charge on any atom is 0.251 e. The Balaban J connectivity index is 1.82. The monoisotopic (exact) mass is 218 g/mol. The Morgan fingerprint density at radius 2 is 2.38 bits per heavy atom. The first-order valence-corrected chi connectivity index (χ1v) is 5.45. The number of nitrogens with one attached hydrogen (secondary N) is 1. The maximum absolute atomic E-state index is 8.79. The van der Waals surface area contributed by atoms with Gasteiger partial charge in [0.05, 0.1) is 6.61 Å². The van der Waals surface area contributed by atoms with Crippen LogP contribution in [0.3, 0.4) is 0 Å². The zero-order chi connectivity index (χ0) is 11.2. The van der Waals surface area contributed by atoms with Crippen molar-refractivity contribution >= 4 is 0 Å². The molecular weight excluding hydrogens is 204 g/mol. The van der Waals surface area contributed by atoms with Gasteiger partial charge in [0.1, 0.15) is 6.07 Å². The summed E-state index contributed by atoms with van der Waals surface area (Å²) in [4.78, 5) is 7.88. The summed E-state index contributed by atoms with van der Waals surface area (Å²) in [5.41, 5.74) is 0.257. The van der Waals surface area contributed by atoms with Gasteiger partial charge in [-0.05, 0) is 31.8 Å². The molecule has 0 amide bonds. The molecule has 0 saturated carbocycles. The second-order valence-electron chi connectivity index (χ2n) is 3.82. The van der Waals surface area contributed by atoms with E-state index >= 15 is 0 Å². The summed E-state index contributed by atoms with van der Waals surface area (Å²) in [6.07, 6.45) is 5.23. The molecule has 5 heteroatoms. The zero-order valence-electron chi connectivity index (χ0n) is 9.02. The van der Waals surface area contributed by atoms with Gasteiger partial charge in [0.25, 0.3) is 5.88 Å². The van der Waals surface area contributed by atoms with Crippen molar-refractivity contribution in [3.05, 3.63) is 18.1 Å². The van der Waals surface area contributed by atoms with Gasteiger partial charge in [-0.1, -0.05) is 0 Å². The molecule has 1 unspecified atom stereocenters. The lowest BCUT2D eigenvalue weighted by atomic mass is 10.1. The summed E-state index contributed by atoms with van der Waals surface area (Å²) in [5.74, 6) is 1.03. The predicted octanol–water partition coefficient (Wildman–Crippen LogP) is 0.727. The first-order chi connectivity index (χ1) is 7.90. The van der Waals surface area contributed by atoms with Gasteiger partial charge < -0.3 is 10.1 Å². The number of aromatic nitrogens is 2. The Morgan fingerprint density at radius 3 is 3.12 bits per heavy atom.